The highest BCUT2D eigenvalue weighted by atomic mass is 15.1. The summed E-state index contributed by atoms with van der Waals surface area (Å²) in [5.74, 6) is 2.84. The fourth-order valence-corrected chi connectivity index (χ4v) is 1.50. The monoisotopic (exact) mass is 146 g/mol. The van der Waals surface area contributed by atoms with Crippen molar-refractivity contribution in [3.8, 4) is 12.3 Å². The van der Waals surface area contributed by atoms with Crippen LogP contribution in [0.5, 0.6) is 0 Å². The zero-order chi connectivity index (χ0) is 7.73. The van der Waals surface area contributed by atoms with Crippen LogP contribution < -0.4 is 0 Å². The van der Waals surface area contributed by atoms with Crippen molar-refractivity contribution >= 4 is 0 Å². The third kappa shape index (κ3) is 0.775. The summed E-state index contributed by atoms with van der Waals surface area (Å²) in [5, 5.41) is 0. The van der Waals surface area contributed by atoms with Gasteiger partial charge in [-0.2, -0.15) is 0 Å². The van der Waals surface area contributed by atoms with Crippen molar-refractivity contribution in [2.24, 2.45) is 0 Å². The number of hydrogen-bond donors (Lipinski definition) is 0. The number of nitrogens with zero attached hydrogens (tertiary/aromatic N) is 2. The van der Waals surface area contributed by atoms with Gasteiger partial charge in [-0.05, 0) is 19.3 Å². The molecule has 2 heteroatoms. The van der Waals surface area contributed by atoms with Crippen molar-refractivity contribution in [2.75, 3.05) is 0 Å². The molecule has 0 saturated heterocycles. The van der Waals surface area contributed by atoms with E-state index in [2.05, 4.69) is 10.9 Å². The van der Waals surface area contributed by atoms with Gasteiger partial charge in [-0.1, -0.05) is 5.92 Å². The van der Waals surface area contributed by atoms with Gasteiger partial charge in [-0.3, -0.25) is 0 Å². The van der Waals surface area contributed by atoms with E-state index in [0.717, 1.165) is 12.8 Å². The van der Waals surface area contributed by atoms with Crippen LogP contribution in [-0.2, 0) is 5.54 Å². The van der Waals surface area contributed by atoms with Gasteiger partial charge in [-0.25, -0.2) is 4.98 Å². The molecular weight excluding hydrogens is 136 g/mol. The van der Waals surface area contributed by atoms with E-state index in [9.17, 15) is 0 Å². The molecule has 1 heterocycles. The van der Waals surface area contributed by atoms with E-state index in [1.54, 1.807) is 12.5 Å². The van der Waals surface area contributed by atoms with Crippen LogP contribution in [0, 0.1) is 12.3 Å². The second kappa shape index (κ2) is 2.13. The topological polar surface area (TPSA) is 17.8 Å². The van der Waals surface area contributed by atoms with E-state index in [1.807, 2.05) is 10.8 Å². The third-order valence-corrected chi connectivity index (χ3v) is 2.45. The van der Waals surface area contributed by atoms with Crippen LogP contribution in [0.2, 0.25) is 0 Å². The molecule has 1 aromatic heterocycles. The smallest absolute Gasteiger partial charge is 0.106 e. The van der Waals surface area contributed by atoms with Crippen molar-refractivity contribution < 1.29 is 0 Å². The Balaban J connectivity index is 2.34. The standard InChI is InChI=1S/C9H10N2/c1-2-9(4-3-5-9)11-7-6-10-8-11/h1,6-8H,3-5H2. The number of aromatic nitrogens is 2. The van der Waals surface area contributed by atoms with Crippen molar-refractivity contribution in [3.05, 3.63) is 18.7 Å². The van der Waals surface area contributed by atoms with Gasteiger partial charge >= 0.3 is 0 Å². The van der Waals surface area contributed by atoms with Crippen LogP contribution >= 0.6 is 0 Å². The van der Waals surface area contributed by atoms with Crippen molar-refractivity contribution in [1.82, 2.24) is 9.55 Å². The lowest BCUT2D eigenvalue weighted by molar-refractivity contribution is 0.221. The zero-order valence-corrected chi connectivity index (χ0v) is 6.33. The van der Waals surface area contributed by atoms with Crippen molar-refractivity contribution in [2.45, 2.75) is 24.8 Å². The molecule has 56 valence electrons. The molecule has 2 rings (SSSR count). The molecule has 1 saturated carbocycles. The predicted octanol–water partition coefficient (Wildman–Crippen LogP) is 1.40. The molecule has 1 aliphatic rings. The Labute approximate surface area is 66.3 Å². The van der Waals surface area contributed by atoms with Crippen LogP contribution in [0.25, 0.3) is 0 Å². The predicted molar refractivity (Wildman–Crippen MR) is 42.9 cm³/mol. The Kier molecular flexibility index (Phi) is 1.25. The summed E-state index contributed by atoms with van der Waals surface area (Å²) in [6.45, 7) is 0. The Morgan fingerprint density at radius 2 is 2.36 bits per heavy atom. The molecule has 2 nitrogen and oxygen atoms in total. The molecule has 0 N–H and O–H groups in total. The van der Waals surface area contributed by atoms with Gasteiger partial charge in [0.05, 0.1) is 6.33 Å². The minimum absolute atomic E-state index is 0.0312. The van der Waals surface area contributed by atoms with Gasteiger partial charge in [0, 0.05) is 12.4 Å². The summed E-state index contributed by atoms with van der Waals surface area (Å²) in [6, 6.07) is 0. The van der Waals surface area contributed by atoms with E-state index in [4.69, 9.17) is 6.42 Å². The lowest BCUT2D eigenvalue weighted by Crippen LogP contribution is -2.38. The number of imidazole rings is 1. The largest absolute Gasteiger partial charge is 0.320 e. The maximum Gasteiger partial charge on any atom is 0.106 e. The zero-order valence-electron chi connectivity index (χ0n) is 6.33. The summed E-state index contributed by atoms with van der Waals surface area (Å²) in [4.78, 5) is 3.99. The quantitative estimate of drug-likeness (QED) is 0.547. The van der Waals surface area contributed by atoms with E-state index in [-0.39, 0.29) is 5.54 Å². The third-order valence-electron chi connectivity index (χ3n) is 2.45. The first-order valence-corrected chi connectivity index (χ1v) is 3.84. The maximum absolute atomic E-state index is 5.46. The van der Waals surface area contributed by atoms with Gasteiger partial charge in [0.1, 0.15) is 5.54 Å². The average Bonchev–Trinajstić information content (AvgIpc) is 2.39. The lowest BCUT2D eigenvalue weighted by atomic mass is 9.77. The van der Waals surface area contributed by atoms with Gasteiger partial charge in [-0.15, -0.1) is 6.42 Å². The number of hydrogen-bond acceptors (Lipinski definition) is 1. The van der Waals surface area contributed by atoms with Crippen LogP contribution in [0.3, 0.4) is 0 Å². The molecule has 0 bridgehead atoms. The average molecular weight is 146 g/mol. The molecule has 0 spiro atoms. The first-order chi connectivity index (χ1) is 5.37. The van der Waals surface area contributed by atoms with Crippen LogP contribution in [0.15, 0.2) is 18.7 Å². The Morgan fingerprint density at radius 3 is 2.73 bits per heavy atom. The first kappa shape index (κ1) is 6.48. The molecule has 1 aliphatic carbocycles. The SMILES string of the molecule is C#CC1(n2ccnc2)CCC1. The summed E-state index contributed by atoms with van der Waals surface area (Å²) in [7, 11) is 0. The molecule has 0 atom stereocenters. The van der Waals surface area contributed by atoms with Gasteiger partial charge in [0.2, 0.25) is 0 Å². The molecule has 1 fully saturated rings. The van der Waals surface area contributed by atoms with Crippen LogP contribution in [0.4, 0.5) is 0 Å². The minimum Gasteiger partial charge on any atom is -0.320 e. The van der Waals surface area contributed by atoms with Gasteiger partial charge < -0.3 is 4.57 Å². The minimum atomic E-state index is -0.0312. The molecule has 11 heavy (non-hydrogen) atoms. The molecule has 0 radical (unpaired) electrons. The molecule has 0 unspecified atom stereocenters. The fourth-order valence-electron chi connectivity index (χ4n) is 1.50. The highest BCUT2D eigenvalue weighted by Gasteiger charge is 2.36. The summed E-state index contributed by atoms with van der Waals surface area (Å²) in [5.41, 5.74) is -0.0312. The van der Waals surface area contributed by atoms with Crippen molar-refractivity contribution in [3.63, 3.8) is 0 Å². The van der Waals surface area contributed by atoms with E-state index in [0.29, 0.717) is 0 Å². The normalized spacial score (nSPS) is 20.3. The van der Waals surface area contributed by atoms with E-state index >= 15 is 0 Å². The molecule has 0 aliphatic heterocycles. The second-order valence-electron chi connectivity index (χ2n) is 3.00. The molecular formula is C9H10N2. The fraction of sp³-hybridized carbons (Fsp3) is 0.444. The summed E-state index contributed by atoms with van der Waals surface area (Å²) < 4.78 is 2.04. The van der Waals surface area contributed by atoms with E-state index in [1.165, 1.54) is 6.42 Å². The number of rotatable bonds is 1. The lowest BCUT2D eigenvalue weighted by Gasteiger charge is -2.38. The molecule has 0 amide bonds. The molecule has 1 aromatic rings. The van der Waals surface area contributed by atoms with E-state index < -0.39 is 0 Å². The summed E-state index contributed by atoms with van der Waals surface area (Å²) >= 11 is 0. The Hall–Kier alpha value is -1.23. The van der Waals surface area contributed by atoms with Crippen molar-refractivity contribution in [1.29, 1.82) is 0 Å². The van der Waals surface area contributed by atoms with Gasteiger partial charge in [0.25, 0.3) is 0 Å². The van der Waals surface area contributed by atoms with Crippen LogP contribution in [0.1, 0.15) is 19.3 Å². The second-order valence-corrected chi connectivity index (χ2v) is 3.00. The maximum atomic E-state index is 5.46. The Bertz CT molecular complexity index is 275. The summed E-state index contributed by atoms with van der Waals surface area (Å²) in [6.07, 6.45) is 14.4. The molecule has 0 aromatic carbocycles. The highest BCUT2D eigenvalue weighted by molar-refractivity contribution is 5.15. The highest BCUT2D eigenvalue weighted by Crippen LogP contribution is 2.37. The first-order valence-electron chi connectivity index (χ1n) is 3.84. The van der Waals surface area contributed by atoms with Gasteiger partial charge in [0.15, 0.2) is 0 Å². The van der Waals surface area contributed by atoms with Crippen LogP contribution in [-0.4, -0.2) is 9.55 Å². The number of terminal acetylenes is 1. The Morgan fingerprint density at radius 1 is 1.55 bits per heavy atom.